The summed E-state index contributed by atoms with van der Waals surface area (Å²) < 4.78 is 7.39. The average Bonchev–Trinajstić information content (AvgIpc) is 3.18. The van der Waals surface area contributed by atoms with Crippen LogP contribution < -0.4 is 15.4 Å². The molecule has 2 N–H and O–H groups in total. The van der Waals surface area contributed by atoms with Gasteiger partial charge in [-0.3, -0.25) is 10.1 Å². The molecule has 0 fully saturated rings. The molecule has 4 aromatic rings. The summed E-state index contributed by atoms with van der Waals surface area (Å²) in [4.78, 5) is 17.5. The third-order valence-corrected chi connectivity index (χ3v) is 6.88. The van der Waals surface area contributed by atoms with Crippen LogP contribution in [0.2, 0.25) is 10.0 Å². The number of methoxy groups -OCH3 is 1. The largest absolute Gasteiger partial charge is 0.494 e. The molecule has 4 rings (SSSR count). The first kappa shape index (κ1) is 23.2. The molecule has 1 heterocycles. The third-order valence-electron chi connectivity index (χ3n) is 4.44. The number of thiocarbonyl (C=S) groups is 1. The van der Waals surface area contributed by atoms with Gasteiger partial charge >= 0.3 is 0 Å². The Hall–Kier alpha value is -1.98. The van der Waals surface area contributed by atoms with Crippen LogP contribution in [0, 0.1) is 3.57 Å². The maximum absolute atomic E-state index is 12.8. The number of nitrogens with one attached hydrogen (secondary N) is 2. The molecule has 0 saturated heterocycles. The lowest BCUT2D eigenvalue weighted by molar-refractivity contribution is 0.0975. The lowest BCUT2D eigenvalue weighted by Crippen LogP contribution is -2.34. The number of nitrogens with zero attached hydrogens (tertiary/aromatic N) is 1. The van der Waals surface area contributed by atoms with Crippen LogP contribution in [0.5, 0.6) is 5.75 Å². The van der Waals surface area contributed by atoms with Crippen LogP contribution in [0.25, 0.3) is 20.8 Å². The van der Waals surface area contributed by atoms with Gasteiger partial charge in [0.1, 0.15) is 10.8 Å². The SMILES string of the molecule is COc1c(Cl)cc(Cl)cc1C(=O)NC(=S)Nc1ccc(I)cc1-c1nc2ccccc2s1. The van der Waals surface area contributed by atoms with Crippen LogP contribution >= 0.6 is 69.3 Å². The lowest BCUT2D eigenvalue weighted by Gasteiger charge is -2.14. The zero-order valence-corrected chi connectivity index (χ0v) is 21.7. The molecule has 3 aromatic carbocycles. The number of ether oxygens (including phenoxy) is 1. The van der Waals surface area contributed by atoms with E-state index in [0.717, 1.165) is 30.0 Å². The molecule has 0 radical (unpaired) electrons. The van der Waals surface area contributed by atoms with Gasteiger partial charge in [-0.1, -0.05) is 35.3 Å². The summed E-state index contributed by atoms with van der Waals surface area (Å²) in [6.07, 6.45) is 0. The van der Waals surface area contributed by atoms with Gasteiger partial charge in [-0.15, -0.1) is 11.3 Å². The zero-order chi connectivity index (χ0) is 22.8. The van der Waals surface area contributed by atoms with Crippen LogP contribution in [-0.2, 0) is 0 Å². The number of fused-ring (bicyclic) bond motifs is 1. The Balaban J connectivity index is 1.60. The molecule has 0 aliphatic heterocycles. The normalized spacial score (nSPS) is 10.8. The number of halogens is 3. The molecular formula is C22H14Cl2IN3O2S2. The van der Waals surface area contributed by atoms with Crippen molar-refractivity contribution in [3.8, 4) is 16.3 Å². The predicted octanol–water partition coefficient (Wildman–Crippen LogP) is 7.01. The maximum atomic E-state index is 12.8. The molecule has 0 aliphatic rings. The molecule has 0 spiro atoms. The number of thiazole rings is 1. The van der Waals surface area contributed by atoms with Crippen LogP contribution in [0.15, 0.2) is 54.6 Å². The van der Waals surface area contributed by atoms with E-state index in [-0.39, 0.29) is 21.4 Å². The second-order valence-electron chi connectivity index (χ2n) is 6.55. The highest BCUT2D eigenvalue weighted by molar-refractivity contribution is 14.1. The minimum absolute atomic E-state index is 0.122. The summed E-state index contributed by atoms with van der Waals surface area (Å²) in [6, 6.07) is 16.8. The first-order valence-corrected chi connectivity index (χ1v) is 12.2. The monoisotopic (exact) mass is 613 g/mol. The van der Waals surface area contributed by atoms with Gasteiger partial charge in [0.2, 0.25) is 0 Å². The Kier molecular flexibility index (Phi) is 7.16. The quantitative estimate of drug-likeness (QED) is 0.191. The molecule has 1 amide bonds. The molecule has 32 heavy (non-hydrogen) atoms. The van der Waals surface area contributed by atoms with Crippen molar-refractivity contribution in [1.29, 1.82) is 0 Å². The van der Waals surface area contributed by atoms with Crippen molar-refractivity contribution < 1.29 is 9.53 Å². The number of carbonyl (C=O) groups is 1. The van der Waals surface area contributed by atoms with E-state index in [0.29, 0.717) is 5.02 Å². The van der Waals surface area contributed by atoms with Crippen molar-refractivity contribution in [1.82, 2.24) is 10.3 Å². The average molecular weight is 614 g/mol. The number of aromatic nitrogens is 1. The van der Waals surface area contributed by atoms with E-state index in [1.807, 2.05) is 42.5 Å². The van der Waals surface area contributed by atoms with E-state index in [4.69, 9.17) is 45.1 Å². The number of carbonyl (C=O) groups excluding carboxylic acids is 1. The van der Waals surface area contributed by atoms with Crippen LogP contribution in [0.4, 0.5) is 5.69 Å². The highest BCUT2D eigenvalue weighted by Gasteiger charge is 2.19. The first-order valence-electron chi connectivity index (χ1n) is 9.16. The number of anilines is 1. The Morgan fingerprint density at radius 2 is 1.94 bits per heavy atom. The number of hydrogen-bond acceptors (Lipinski definition) is 5. The van der Waals surface area contributed by atoms with Gasteiger partial charge in [0.05, 0.1) is 33.6 Å². The molecule has 162 valence electrons. The molecule has 10 heteroatoms. The van der Waals surface area contributed by atoms with Gasteiger partial charge in [-0.25, -0.2) is 4.98 Å². The Morgan fingerprint density at radius 3 is 2.69 bits per heavy atom. The Bertz CT molecular complexity index is 1330. The van der Waals surface area contributed by atoms with Crippen molar-refractivity contribution in [2.24, 2.45) is 0 Å². The first-order chi connectivity index (χ1) is 15.4. The van der Waals surface area contributed by atoms with Gasteiger partial charge in [0, 0.05) is 14.2 Å². The van der Waals surface area contributed by atoms with Gasteiger partial charge in [0.15, 0.2) is 5.11 Å². The van der Waals surface area contributed by atoms with E-state index < -0.39 is 5.91 Å². The molecule has 0 aliphatic carbocycles. The summed E-state index contributed by atoms with van der Waals surface area (Å²) in [5.41, 5.74) is 2.73. The van der Waals surface area contributed by atoms with Crippen LogP contribution in [0.1, 0.15) is 10.4 Å². The molecule has 0 unspecified atom stereocenters. The standard InChI is InChI=1S/C22H14Cl2IN3O2S2/c1-30-19-14(8-11(23)9-15(19)24)20(29)28-22(31)27-16-7-6-12(25)10-13(16)21-26-17-4-2-3-5-18(17)32-21/h2-10H,1H3,(H2,27,28,29,31). The highest BCUT2D eigenvalue weighted by Crippen LogP contribution is 2.36. The maximum Gasteiger partial charge on any atom is 0.261 e. The summed E-state index contributed by atoms with van der Waals surface area (Å²) >= 11 is 21.4. The summed E-state index contributed by atoms with van der Waals surface area (Å²) in [5, 5.41) is 7.29. The fraction of sp³-hybridized carbons (Fsp3) is 0.0455. The van der Waals surface area contributed by atoms with Crippen molar-refractivity contribution >= 4 is 96.3 Å². The van der Waals surface area contributed by atoms with Crippen LogP contribution in [0.3, 0.4) is 0 Å². The van der Waals surface area contributed by atoms with Gasteiger partial charge in [-0.2, -0.15) is 0 Å². The Labute approximate surface area is 217 Å². The van der Waals surface area contributed by atoms with Gasteiger partial charge < -0.3 is 10.1 Å². The number of amides is 1. The van der Waals surface area contributed by atoms with Crippen molar-refractivity contribution in [3.05, 3.63) is 73.8 Å². The number of benzene rings is 3. The summed E-state index contributed by atoms with van der Waals surface area (Å²) in [5.74, 6) is -0.267. The number of hydrogen-bond donors (Lipinski definition) is 2. The van der Waals surface area contributed by atoms with E-state index in [1.54, 1.807) is 11.3 Å². The highest BCUT2D eigenvalue weighted by atomic mass is 127. The minimum atomic E-state index is -0.490. The fourth-order valence-corrected chi connectivity index (χ4v) is 5.31. The van der Waals surface area contributed by atoms with E-state index in [2.05, 4.69) is 33.2 Å². The smallest absolute Gasteiger partial charge is 0.261 e. The second-order valence-corrected chi connectivity index (χ2v) is 10.1. The zero-order valence-electron chi connectivity index (χ0n) is 16.4. The minimum Gasteiger partial charge on any atom is -0.494 e. The predicted molar refractivity (Wildman–Crippen MR) is 144 cm³/mol. The fourth-order valence-electron chi connectivity index (χ4n) is 3.05. The lowest BCUT2D eigenvalue weighted by atomic mass is 10.2. The van der Waals surface area contributed by atoms with Crippen molar-refractivity contribution in [2.75, 3.05) is 12.4 Å². The number of rotatable bonds is 4. The van der Waals surface area contributed by atoms with E-state index in [1.165, 1.54) is 19.2 Å². The van der Waals surface area contributed by atoms with Gasteiger partial charge in [-0.05, 0) is 77.3 Å². The number of para-hydroxylation sites is 1. The summed E-state index contributed by atoms with van der Waals surface area (Å²) in [7, 11) is 1.43. The molecule has 5 nitrogen and oxygen atoms in total. The van der Waals surface area contributed by atoms with E-state index in [9.17, 15) is 4.79 Å². The topological polar surface area (TPSA) is 63.2 Å². The van der Waals surface area contributed by atoms with Crippen LogP contribution in [-0.4, -0.2) is 23.1 Å². The molecular weight excluding hydrogens is 600 g/mol. The summed E-state index contributed by atoms with van der Waals surface area (Å²) in [6.45, 7) is 0. The molecule has 0 saturated carbocycles. The third kappa shape index (κ3) is 4.99. The van der Waals surface area contributed by atoms with Crippen molar-refractivity contribution in [3.63, 3.8) is 0 Å². The van der Waals surface area contributed by atoms with E-state index >= 15 is 0 Å². The molecule has 0 atom stereocenters. The molecule has 0 bridgehead atoms. The second kappa shape index (κ2) is 9.88. The molecule has 1 aromatic heterocycles. The Morgan fingerprint density at radius 1 is 1.16 bits per heavy atom. The van der Waals surface area contributed by atoms with Crippen molar-refractivity contribution in [2.45, 2.75) is 0 Å². The van der Waals surface area contributed by atoms with Gasteiger partial charge in [0.25, 0.3) is 5.91 Å².